The third-order valence-corrected chi connectivity index (χ3v) is 5.52. The minimum Gasteiger partial charge on any atom is -0.478 e. The molecule has 3 aromatic rings. The van der Waals surface area contributed by atoms with Gasteiger partial charge in [-0.1, -0.05) is 29.8 Å². The van der Waals surface area contributed by atoms with Crippen LogP contribution in [0.25, 0.3) is 22.2 Å². The van der Waals surface area contributed by atoms with Crippen LogP contribution in [0.5, 0.6) is 0 Å². The Hall–Kier alpha value is -1.57. The summed E-state index contributed by atoms with van der Waals surface area (Å²) in [4.78, 5) is 15.1. The molecule has 4 N–H and O–H groups in total. The van der Waals surface area contributed by atoms with Crippen molar-refractivity contribution >= 4 is 51.1 Å². The number of hydrogen-bond acceptors (Lipinski definition) is 2. The lowest BCUT2D eigenvalue weighted by Crippen LogP contribution is -2.01. The van der Waals surface area contributed by atoms with Crippen molar-refractivity contribution in [1.29, 1.82) is 0 Å². The number of hydrogen-bond donors (Lipinski definition) is 3. The molecule has 0 radical (unpaired) electrons. The van der Waals surface area contributed by atoms with E-state index in [-0.39, 0.29) is 5.56 Å². The van der Waals surface area contributed by atoms with Crippen molar-refractivity contribution in [1.82, 2.24) is 4.98 Å². The van der Waals surface area contributed by atoms with Gasteiger partial charge >= 0.3 is 5.97 Å². The number of aromatic amines is 1. The molecule has 0 unspecified atom stereocenters. The van der Waals surface area contributed by atoms with Crippen LogP contribution in [0, 0.1) is 3.57 Å². The molecule has 0 amide bonds. The smallest absolute Gasteiger partial charge is 0.336 e. The SMILES string of the molecule is NCCCCc1c(-c2ccccc2I)[nH]c2c(Cl)ccc(C(=O)O)c12. The largest absolute Gasteiger partial charge is 0.478 e. The van der Waals surface area contributed by atoms with Crippen molar-refractivity contribution in [3.63, 3.8) is 0 Å². The topological polar surface area (TPSA) is 79.1 Å². The van der Waals surface area contributed by atoms with Gasteiger partial charge in [0.2, 0.25) is 0 Å². The summed E-state index contributed by atoms with van der Waals surface area (Å²) >= 11 is 8.65. The zero-order valence-corrected chi connectivity index (χ0v) is 16.4. The van der Waals surface area contributed by atoms with Gasteiger partial charge in [-0.2, -0.15) is 0 Å². The second-order valence-electron chi connectivity index (χ2n) is 5.85. The highest BCUT2D eigenvalue weighted by Gasteiger charge is 2.21. The van der Waals surface area contributed by atoms with Crippen LogP contribution in [0.15, 0.2) is 36.4 Å². The average Bonchev–Trinajstić information content (AvgIpc) is 2.96. The van der Waals surface area contributed by atoms with Crippen LogP contribution < -0.4 is 5.73 Å². The van der Waals surface area contributed by atoms with Crippen LogP contribution in [0.2, 0.25) is 5.02 Å². The summed E-state index contributed by atoms with van der Waals surface area (Å²) in [5, 5.41) is 10.9. The third kappa shape index (κ3) is 3.54. The molecule has 2 aromatic carbocycles. The van der Waals surface area contributed by atoms with Crippen LogP contribution in [0.3, 0.4) is 0 Å². The predicted molar refractivity (Wildman–Crippen MR) is 110 cm³/mol. The van der Waals surface area contributed by atoms with E-state index in [0.29, 0.717) is 22.5 Å². The van der Waals surface area contributed by atoms with E-state index < -0.39 is 5.97 Å². The van der Waals surface area contributed by atoms with E-state index in [4.69, 9.17) is 17.3 Å². The summed E-state index contributed by atoms with van der Waals surface area (Å²) in [7, 11) is 0. The first-order valence-corrected chi connectivity index (χ1v) is 9.51. The molecule has 1 heterocycles. The van der Waals surface area contributed by atoms with E-state index in [0.717, 1.165) is 39.7 Å². The van der Waals surface area contributed by atoms with Crippen LogP contribution >= 0.6 is 34.2 Å². The maximum absolute atomic E-state index is 11.7. The minimum atomic E-state index is -0.949. The molecule has 0 atom stereocenters. The highest BCUT2D eigenvalue weighted by molar-refractivity contribution is 14.1. The first-order valence-electron chi connectivity index (χ1n) is 8.06. The second-order valence-corrected chi connectivity index (χ2v) is 7.42. The Kier molecular flexibility index (Phi) is 5.66. The first kappa shape index (κ1) is 18.2. The number of carboxylic acid groups (broad SMARTS) is 1. The summed E-state index contributed by atoms with van der Waals surface area (Å²) < 4.78 is 1.10. The standard InChI is InChI=1S/C19H18ClIN2O2/c20-14-9-8-13(19(24)25)16-12(6-3-4-10-22)17(23-18(14)16)11-5-1-2-7-15(11)21/h1-2,5,7-9,23H,3-4,6,10,22H2,(H,24,25). The fraction of sp³-hybridized carbons (Fsp3) is 0.211. The van der Waals surface area contributed by atoms with Gasteiger partial charge in [-0.3, -0.25) is 0 Å². The molecule has 0 aliphatic heterocycles. The Morgan fingerprint density at radius 2 is 1.96 bits per heavy atom. The number of carboxylic acids is 1. The zero-order valence-electron chi connectivity index (χ0n) is 13.5. The molecule has 0 spiro atoms. The summed E-state index contributed by atoms with van der Waals surface area (Å²) in [6.07, 6.45) is 2.53. The van der Waals surface area contributed by atoms with Gasteiger partial charge < -0.3 is 15.8 Å². The quantitative estimate of drug-likeness (QED) is 0.349. The van der Waals surface area contributed by atoms with Gasteiger partial charge in [0.15, 0.2) is 0 Å². The Labute approximate surface area is 164 Å². The molecule has 6 heteroatoms. The molecule has 0 bridgehead atoms. The van der Waals surface area contributed by atoms with Crippen LogP contribution in [-0.2, 0) is 6.42 Å². The fourth-order valence-electron chi connectivity index (χ4n) is 3.11. The first-order chi connectivity index (χ1) is 12.0. The summed E-state index contributed by atoms with van der Waals surface area (Å²) in [5.41, 5.74) is 9.57. The fourth-order valence-corrected chi connectivity index (χ4v) is 3.97. The number of aryl methyl sites for hydroxylation is 1. The second kappa shape index (κ2) is 7.76. The average molecular weight is 469 g/mol. The van der Waals surface area contributed by atoms with Gasteiger partial charge in [0.05, 0.1) is 21.8 Å². The van der Waals surface area contributed by atoms with Gasteiger partial charge in [0.1, 0.15) is 0 Å². The van der Waals surface area contributed by atoms with Gasteiger partial charge in [0, 0.05) is 14.5 Å². The monoisotopic (exact) mass is 468 g/mol. The summed E-state index contributed by atoms with van der Waals surface area (Å²) in [6.45, 7) is 0.618. The van der Waals surface area contributed by atoms with Gasteiger partial charge in [-0.15, -0.1) is 0 Å². The lowest BCUT2D eigenvalue weighted by Gasteiger charge is -2.08. The molecule has 0 saturated heterocycles. The molecule has 3 rings (SSSR count). The Bertz CT molecular complexity index is 937. The summed E-state index contributed by atoms with van der Waals surface area (Å²) in [6, 6.07) is 11.2. The van der Waals surface area contributed by atoms with Gasteiger partial charge in [0.25, 0.3) is 0 Å². The molecule has 0 aliphatic carbocycles. The van der Waals surface area contributed by atoms with Gasteiger partial charge in [-0.05, 0) is 72.2 Å². The van der Waals surface area contributed by atoms with Crippen molar-refractivity contribution in [2.45, 2.75) is 19.3 Å². The molecule has 0 saturated carbocycles. The van der Waals surface area contributed by atoms with Crippen molar-refractivity contribution in [3.05, 3.63) is 56.1 Å². The van der Waals surface area contributed by atoms with E-state index >= 15 is 0 Å². The number of aromatic nitrogens is 1. The number of halogens is 2. The molecular weight excluding hydrogens is 451 g/mol. The molecular formula is C19H18ClIN2O2. The van der Waals surface area contributed by atoms with Crippen LogP contribution in [0.4, 0.5) is 0 Å². The molecule has 0 aliphatic rings. The summed E-state index contributed by atoms with van der Waals surface area (Å²) in [5.74, 6) is -0.949. The molecule has 130 valence electrons. The number of nitrogens with one attached hydrogen (secondary N) is 1. The Morgan fingerprint density at radius 3 is 2.64 bits per heavy atom. The van der Waals surface area contributed by atoms with Crippen molar-refractivity contribution in [3.8, 4) is 11.3 Å². The van der Waals surface area contributed by atoms with Crippen LogP contribution in [-0.4, -0.2) is 22.6 Å². The number of H-pyrrole nitrogens is 1. The number of rotatable bonds is 6. The number of fused-ring (bicyclic) bond motifs is 1. The number of nitrogens with two attached hydrogens (primary N) is 1. The lowest BCUT2D eigenvalue weighted by atomic mass is 9.97. The van der Waals surface area contributed by atoms with E-state index in [1.807, 2.05) is 24.3 Å². The van der Waals surface area contributed by atoms with Gasteiger partial charge in [-0.25, -0.2) is 4.79 Å². The molecule has 25 heavy (non-hydrogen) atoms. The van der Waals surface area contributed by atoms with Crippen molar-refractivity contribution in [2.24, 2.45) is 5.73 Å². The van der Waals surface area contributed by atoms with E-state index in [2.05, 4.69) is 27.6 Å². The normalized spacial score (nSPS) is 11.2. The maximum atomic E-state index is 11.7. The van der Waals surface area contributed by atoms with E-state index in [9.17, 15) is 9.90 Å². The Morgan fingerprint density at radius 1 is 1.20 bits per heavy atom. The molecule has 4 nitrogen and oxygen atoms in total. The number of unbranched alkanes of at least 4 members (excludes halogenated alkanes) is 1. The highest BCUT2D eigenvalue weighted by atomic mass is 127. The Balaban J connectivity index is 2.30. The maximum Gasteiger partial charge on any atom is 0.336 e. The van der Waals surface area contributed by atoms with Crippen molar-refractivity contribution in [2.75, 3.05) is 6.54 Å². The molecule has 0 fully saturated rings. The highest BCUT2D eigenvalue weighted by Crippen LogP contribution is 2.38. The zero-order chi connectivity index (χ0) is 18.0. The molecule has 1 aromatic heterocycles. The number of carbonyl (C=O) groups is 1. The van der Waals surface area contributed by atoms with E-state index in [1.165, 1.54) is 0 Å². The number of aromatic carboxylic acids is 1. The third-order valence-electron chi connectivity index (χ3n) is 4.26. The van der Waals surface area contributed by atoms with E-state index in [1.54, 1.807) is 12.1 Å². The van der Waals surface area contributed by atoms with Crippen LogP contribution in [0.1, 0.15) is 28.8 Å². The predicted octanol–water partition coefficient (Wildman–Crippen LogP) is 5.07. The number of benzene rings is 2. The van der Waals surface area contributed by atoms with Crippen molar-refractivity contribution < 1.29 is 9.90 Å². The minimum absolute atomic E-state index is 0.274. The lowest BCUT2D eigenvalue weighted by molar-refractivity contribution is 0.0699.